The first kappa shape index (κ1) is 23.9. The second kappa shape index (κ2) is 9.08. The number of aryl methyl sites for hydroxylation is 1. The van der Waals surface area contributed by atoms with Crippen molar-refractivity contribution in [2.24, 2.45) is 0 Å². The first-order valence-corrected chi connectivity index (χ1v) is 6.88. The summed E-state index contributed by atoms with van der Waals surface area (Å²) in [6.07, 6.45) is -9.07. The van der Waals surface area contributed by atoms with Crippen LogP contribution in [-0.2, 0) is 14.3 Å². The number of benzene rings is 1. The van der Waals surface area contributed by atoms with Gasteiger partial charge in [-0.3, -0.25) is 4.18 Å². The Kier molecular flexibility index (Phi) is 9.45. The van der Waals surface area contributed by atoms with Gasteiger partial charge < -0.3 is 5.11 Å². The molecular weight excluding hydrogens is 354 g/mol. The van der Waals surface area contributed by atoms with Crippen LogP contribution in [0.4, 0.5) is 26.3 Å². The van der Waals surface area contributed by atoms with Crippen molar-refractivity contribution in [3.8, 4) is 0 Å². The van der Waals surface area contributed by atoms with Crippen LogP contribution in [0, 0.1) is 6.92 Å². The molecule has 1 rings (SSSR count). The zero-order chi connectivity index (χ0) is 17.6. The monoisotopic (exact) mass is 370 g/mol. The Labute approximate surface area is 129 Å². The van der Waals surface area contributed by atoms with Crippen LogP contribution in [0.5, 0.6) is 0 Å². The highest BCUT2D eigenvalue weighted by atomic mass is 32.2. The van der Waals surface area contributed by atoms with Crippen molar-refractivity contribution in [3.63, 3.8) is 0 Å². The summed E-state index contributed by atoms with van der Waals surface area (Å²) in [6.45, 7) is -1.82. The molecule has 11 heteroatoms. The summed E-state index contributed by atoms with van der Waals surface area (Å²) in [4.78, 5) is -0.289. The Morgan fingerprint density at radius 3 is 1.70 bits per heavy atom. The van der Waals surface area contributed by atoms with Gasteiger partial charge in [-0.15, -0.1) is 0 Å². The fourth-order valence-electron chi connectivity index (χ4n) is 0.917. The normalized spacial score (nSPS) is 12.0. The molecule has 0 bridgehead atoms. The van der Waals surface area contributed by atoms with E-state index >= 15 is 0 Å². The van der Waals surface area contributed by atoms with Crippen molar-refractivity contribution >= 4 is 10.1 Å². The third kappa shape index (κ3) is 11.8. The van der Waals surface area contributed by atoms with Crippen LogP contribution in [-0.4, -0.2) is 39.1 Å². The molecule has 1 aromatic rings. The van der Waals surface area contributed by atoms with Crippen LogP contribution in [0.3, 0.4) is 0 Å². The van der Waals surface area contributed by atoms with E-state index in [0.29, 0.717) is 0 Å². The molecule has 0 aromatic heterocycles. The van der Waals surface area contributed by atoms with E-state index in [1.165, 1.54) is 24.3 Å². The largest absolute Gasteiger partial charge is 0.413 e. The zero-order valence-electron chi connectivity index (χ0n) is 11.1. The van der Waals surface area contributed by atoms with E-state index in [2.05, 4.69) is 4.18 Å². The summed E-state index contributed by atoms with van der Waals surface area (Å²) in [7, 11) is -4.33. The second-order valence-electron chi connectivity index (χ2n) is 3.92. The number of alkyl halides is 6. The number of hydrogen-bond donors (Lipinski definition) is 1. The van der Waals surface area contributed by atoms with Crippen molar-refractivity contribution in [1.29, 1.82) is 0 Å². The Bertz CT molecular complexity index is 548. The lowest BCUT2D eigenvalue weighted by molar-refractivity contribution is -0.159. The van der Waals surface area contributed by atoms with Gasteiger partial charge in [0, 0.05) is 0 Å². The smallest absolute Gasteiger partial charge is 0.387 e. The van der Waals surface area contributed by atoms with E-state index in [9.17, 15) is 34.8 Å². The first-order chi connectivity index (χ1) is 9.77. The average molecular weight is 370 g/mol. The number of aliphatic hydroxyl groups excluding tert-OH is 1. The Balaban J connectivity index is 0. The fourth-order valence-corrected chi connectivity index (χ4v) is 1.81. The SMILES string of the molecule is C.Cc1ccc(S(=O)(=O)OCC(F)(F)F)cc1.OCC(F)(F)F. The number of aliphatic hydroxyl groups is 1. The maximum absolute atomic E-state index is 11.8. The van der Waals surface area contributed by atoms with E-state index in [-0.39, 0.29) is 12.3 Å². The molecule has 0 saturated heterocycles. The molecule has 23 heavy (non-hydrogen) atoms. The van der Waals surface area contributed by atoms with Gasteiger partial charge in [-0.05, 0) is 19.1 Å². The van der Waals surface area contributed by atoms with E-state index in [1.54, 1.807) is 6.92 Å². The highest BCUT2D eigenvalue weighted by Crippen LogP contribution is 2.19. The van der Waals surface area contributed by atoms with Gasteiger partial charge in [-0.25, -0.2) is 0 Å². The van der Waals surface area contributed by atoms with Crippen molar-refractivity contribution in [2.75, 3.05) is 13.2 Å². The van der Waals surface area contributed by atoms with Crippen molar-refractivity contribution in [1.82, 2.24) is 0 Å². The maximum atomic E-state index is 11.8. The van der Waals surface area contributed by atoms with Gasteiger partial charge in [-0.2, -0.15) is 34.8 Å². The summed E-state index contributed by atoms with van der Waals surface area (Å²) in [5, 5.41) is 7.28. The number of halogens is 6. The molecule has 136 valence electrons. The summed E-state index contributed by atoms with van der Waals surface area (Å²) in [5.74, 6) is 0. The van der Waals surface area contributed by atoms with Crippen LogP contribution in [0.25, 0.3) is 0 Å². The molecule has 0 aliphatic rings. The molecule has 0 heterocycles. The van der Waals surface area contributed by atoms with E-state index in [0.717, 1.165) is 5.56 Å². The third-order valence-electron chi connectivity index (χ3n) is 1.87. The van der Waals surface area contributed by atoms with Gasteiger partial charge in [-0.1, -0.05) is 25.1 Å². The number of rotatable bonds is 3. The molecule has 0 amide bonds. The van der Waals surface area contributed by atoms with Gasteiger partial charge in [0.2, 0.25) is 0 Å². The topological polar surface area (TPSA) is 63.6 Å². The lowest BCUT2D eigenvalue weighted by atomic mass is 10.2. The van der Waals surface area contributed by atoms with Crippen molar-refractivity contribution < 1.29 is 44.0 Å². The molecule has 0 aliphatic heterocycles. The van der Waals surface area contributed by atoms with Crippen molar-refractivity contribution in [3.05, 3.63) is 29.8 Å². The Morgan fingerprint density at radius 1 is 1.00 bits per heavy atom. The summed E-state index contributed by atoms with van der Waals surface area (Å²) < 4.78 is 93.3. The highest BCUT2D eigenvalue weighted by molar-refractivity contribution is 7.86. The Hall–Kier alpha value is -1.33. The minimum Gasteiger partial charge on any atom is -0.387 e. The quantitative estimate of drug-likeness (QED) is 0.654. The lowest BCUT2D eigenvalue weighted by Crippen LogP contribution is -2.20. The molecule has 0 aliphatic carbocycles. The van der Waals surface area contributed by atoms with Crippen LogP contribution in [0.2, 0.25) is 0 Å². The fraction of sp³-hybridized carbons (Fsp3) is 0.500. The van der Waals surface area contributed by atoms with Crippen molar-refractivity contribution in [2.45, 2.75) is 31.6 Å². The predicted molar refractivity (Wildman–Crippen MR) is 70.2 cm³/mol. The molecule has 0 atom stereocenters. The molecule has 0 unspecified atom stereocenters. The van der Waals surface area contributed by atoms with Gasteiger partial charge >= 0.3 is 12.4 Å². The van der Waals surface area contributed by atoms with Gasteiger partial charge in [0.1, 0.15) is 6.61 Å². The minimum absolute atomic E-state index is 0. The third-order valence-corrected chi connectivity index (χ3v) is 3.14. The van der Waals surface area contributed by atoms with Crippen LogP contribution in [0.1, 0.15) is 13.0 Å². The summed E-state index contributed by atoms with van der Waals surface area (Å²) in [5.41, 5.74) is 0.801. The molecule has 0 spiro atoms. The minimum atomic E-state index is -4.67. The molecule has 0 saturated carbocycles. The van der Waals surface area contributed by atoms with Gasteiger partial charge in [0.25, 0.3) is 10.1 Å². The second-order valence-corrected chi connectivity index (χ2v) is 5.53. The van der Waals surface area contributed by atoms with Crippen LogP contribution < -0.4 is 0 Å². The van der Waals surface area contributed by atoms with Crippen LogP contribution in [0.15, 0.2) is 29.2 Å². The number of hydrogen-bond acceptors (Lipinski definition) is 4. The average Bonchev–Trinajstić information content (AvgIpc) is 2.36. The van der Waals surface area contributed by atoms with Gasteiger partial charge in [0.05, 0.1) is 4.90 Å². The van der Waals surface area contributed by atoms with E-state index in [4.69, 9.17) is 5.11 Å². The standard InChI is InChI=1S/C9H9F3O3S.C2H3F3O.CH4/c1-7-2-4-8(5-3-7)16(13,14)15-6-9(10,11)12;3-2(4,5)1-6;/h2-5H,6H2,1H3;6H,1H2;1H4. The van der Waals surface area contributed by atoms with Crippen LogP contribution >= 0.6 is 0 Å². The summed E-state index contributed by atoms with van der Waals surface area (Å²) >= 11 is 0. The molecule has 0 fully saturated rings. The molecule has 1 N–H and O–H groups in total. The predicted octanol–water partition coefficient (Wildman–Crippen LogP) is 3.44. The van der Waals surface area contributed by atoms with Gasteiger partial charge in [0.15, 0.2) is 6.61 Å². The lowest BCUT2D eigenvalue weighted by Gasteiger charge is -2.08. The first-order valence-electron chi connectivity index (χ1n) is 5.47. The molecule has 1 aromatic carbocycles. The van der Waals surface area contributed by atoms with E-state index in [1.807, 2.05) is 0 Å². The molecule has 0 radical (unpaired) electrons. The molecule has 4 nitrogen and oxygen atoms in total. The zero-order valence-corrected chi connectivity index (χ0v) is 11.9. The summed E-state index contributed by atoms with van der Waals surface area (Å²) in [6, 6.07) is 5.34. The molecular formula is C12H16F6O4S. The maximum Gasteiger partial charge on any atom is 0.413 e. The highest BCUT2D eigenvalue weighted by Gasteiger charge is 2.31. The Morgan fingerprint density at radius 2 is 1.39 bits per heavy atom. The van der Waals surface area contributed by atoms with E-state index < -0.39 is 35.7 Å².